The van der Waals surface area contributed by atoms with Crippen LogP contribution >= 0.6 is 0 Å². The Morgan fingerprint density at radius 2 is 2.00 bits per heavy atom. The topological polar surface area (TPSA) is 61.9 Å². The zero-order valence-electron chi connectivity index (χ0n) is 13.5. The average molecular weight is 336 g/mol. The van der Waals surface area contributed by atoms with E-state index in [1.165, 1.54) is 6.07 Å². The van der Waals surface area contributed by atoms with Gasteiger partial charge in [0, 0.05) is 30.1 Å². The first-order valence-electron chi connectivity index (χ1n) is 8.25. The molecule has 0 saturated carbocycles. The number of pyridine rings is 1. The van der Waals surface area contributed by atoms with Crippen LogP contribution in [0.3, 0.4) is 0 Å². The van der Waals surface area contributed by atoms with Crippen LogP contribution in [0.1, 0.15) is 35.1 Å². The normalized spacial score (nSPS) is 17.0. The van der Waals surface area contributed by atoms with Crippen LogP contribution in [0.5, 0.6) is 0 Å². The summed E-state index contributed by atoms with van der Waals surface area (Å²) in [5.41, 5.74) is 1.71. The summed E-state index contributed by atoms with van der Waals surface area (Å²) in [6, 6.07) is 9.87. The van der Waals surface area contributed by atoms with Crippen molar-refractivity contribution in [3.63, 3.8) is 0 Å². The first kappa shape index (κ1) is 15.5. The molecule has 2 aromatic heterocycles. The molecule has 0 unspecified atom stereocenters. The highest BCUT2D eigenvalue weighted by Gasteiger charge is 2.32. The molecular formula is C19H17FN4O. The Bertz CT molecular complexity index is 893. The Morgan fingerprint density at radius 1 is 1.20 bits per heavy atom. The quantitative estimate of drug-likeness (QED) is 0.795. The smallest absolute Gasteiger partial charge is 0.254 e. The summed E-state index contributed by atoms with van der Waals surface area (Å²) in [5, 5.41) is 0. The van der Waals surface area contributed by atoms with Crippen LogP contribution in [-0.4, -0.2) is 32.3 Å². The van der Waals surface area contributed by atoms with Gasteiger partial charge in [-0.1, -0.05) is 12.1 Å². The van der Waals surface area contributed by atoms with Gasteiger partial charge in [-0.3, -0.25) is 9.78 Å². The molecule has 1 N–H and O–H groups in total. The number of aromatic amines is 1. The fourth-order valence-electron chi connectivity index (χ4n) is 3.28. The molecule has 0 radical (unpaired) electrons. The molecule has 25 heavy (non-hydrogen) atoms. The highest BCUT2D eigenvalue weighted by molar-refractivity contribution is 5.94. The molecule has 1 aromatic carbocycles. The molecule has 4 rings (SSSR count). The third-order valence-electron chi connectivity index (χ3n) is 4.52. The van der Waals surface area contributed by atoms with E-state index in [4.69, 9.17) is 0 Å². The minimum absolute atomic E-state index is 0.0336. The summed E-state index contributed by atoms with van der Waals surface area (Å²) in [4.78, 5) is 26.1. The van der Waals surface area contributed by atoms with Gasteiger partial charge in [-0.25, -0.2) is 9.37 Å². The average Bonchev–Trinajstić information content (AvgIpc) is 3.31. The molecular weight excluding hydrogens is 319 g/mol. The van der Waals surface area contributed by atoms with Crippen molar-refractivity contribution in [1.82, 2.24) is 19.9 Å². The fourth-order valence-corrected chi connectivity index (χ4v) is 3.28. The van der Waals surface area contributed by atoms with Gasteiger partial charge in [-0.15, -0.1) is 0 Å². The Labute approximate surface area is 144 Å². The van der Waals surface area contributed by atoms with Crippen LogP contribution < -0.4 is 0 Å². The molecule has 1 aliphatic heterocycles. The number of hydrogen-bond acceptors (Lipinski definition) is 3. The molecule has 3 aromatic rings. The highest BCUT2D eigenvalue weighted by atomic mass is 19.1. The van der Waals surface area contributed by atoms with Gasteiger partial charge in [0.15, 0.2) is 0 Å². The Morgan fingerprint density at radius 3 is 2.80 bits per heavy atom. The number of H-pyrrole nitrogens is 1. The van der Waals surface area contributed by atoms with E-state index in [2.05, 4.69) is 15.0 Å². The van der Waals surface area contributed by atoms with Gasteiger partial charge in [-0.2, -0.15) is 0 Å². The van der Waals surface area contributed by atoms with Crippen molar-refractivity contribution in [3.8, 4) is 11.3 Å². The van der Waals surface area contributed by atoms with E-state index in [0.29, 0.717) is 29.2 Å². The van der Waals surface area contributed by atoms with Crippen molar-refractivity contribution in [2.45, 2.75) is 18.9 Å². The number of nitrogens with one attached hydrogen (secondary N) is 1. The van der Waals surface area contributed by atoms with E-state index in [1.807, 2.05) is 4.90 Å². The second-order valence-corrected chi connectivity index (χ2v) is 6.05. The summed E-state index contributed by atoms with van der Waals surface area (Å²) >= 11 is 0. The maximum absolute atomic E-state index is 14.0. The van der Waals surface area contributed by atoms with Crippen LogP contribution in [0.2, 0.25) is 0 Å². The summed E-state index contributed by atoms with van der Waals surface area (Å²) in [7, 11) is 0. The van der Waals surface area contributed by atoms with Gasteiger partial charge < -0.3 is 9.88 Å². The summed E-state index contributed by atoms with van der Waals surface area (Å²) < 4.78 is 14.0. The number of nitrogens with zero attached hydrogens (tertiary/aromatic N) is 3. The molecule has 126 valence electrons. The summed E-state index contributed by atoms with van der Waals surface area (Å²) in [6.07, 6.45) is 6.60. The molecule has 1 saturated heterocycles. The van der Waals surface area contributed by atoms with E-state index in [0.717, 1.165) is 12.8 Å². The largest absolute Gasteiger partial charge is 0.340 e. The van der Waals surface area contributed by atoms with Gasteiger partial charge in [0.2, 0.25) is 0 Å². The van der Waals surface area contributed by atoms with Crippen molar-refractivity contribution < 1.29 is 9.18 Å². The first-order valence-corrected chi connectivity index (χ1v) is 8.25. The molecule has 0 spiro atoms. The van der Waals surface area contributed by atoms with Gasteiger partial charge >= 0.3 is 0 Å². The number of hydrogen-bond donors (Lipinski definition) is 1. The molecule has 0 aliphatic carbocycles. The summed E-state index contributed by atoms with van der Waals surface area (Å²) in [6.45, 7) is 0.682. The van der Waals surface area contributed by atoms with Crippen molar-refractivity contribution >= 4 is 5.91 Å². The van der Waals surface area contributed by atoms with Gasteiger partial charge in [-0.05, 0) is 37.1 Å². The third-order valence-corrected chi connectivity index (χ3v) is 4.52. The maximum atomic E-state index is 14.0. The minimum atomic E-state index is -0.297. The number of aromatic nitrogens is 3. The van der Waals surface area contributed by atoms with Crippen LogP contribution in [-0.2, 0) is 0 Å². The molecule has 3 heterocycles. The van der Waals surface area contributed by atoms with E-state index in [9.17, 15) is 9.18 Å². The Balaban J connectivity index is 1.61. The SMILES string of the molecule is O=C(c1ccncc1)N1CCC[C@H]1c1ncc(-c2ccccc2F)[nH]1. The molecule has 1 aliphatic rings. The number of carbonyl (C=O) groups excluding carboxylic acids is 1. The number of amides is 1. The number of benzene rings is 1. The second kappa shape index (κ2) is 6.47. The number of halogens is 1. The number of imidazole rings is 1. The van der Waals surface area contributed by atoms with Crippen molar-refractivity contribution in [1.29, 1.82) is 0 Å². The molecule has 1 atom stereocenters. The molecule has 1 amide bonds. The second-order valence-electron chi connectivity index (χ2n) is 6.05. The van der Waals surface area contributed by atoms with E-state index >= 15 is 0 Å². The third kappa shape index (κ3) is 2.91. The van der Waals surface area contributed by atoms with Gasteiger partial charge in [0.05, 0.1) is 17.9 Å². The minimum Gasteiger partial charge on any atom is -0.340 e. The van der Waals surface area contributed by atoms with Crippen LogP contribution in [0, 0.1) is 5.82 Å². The lowest BCUT2D eigenvalue weighted by Gasteiger charge is -2.23. The fraction of sp³-hybridized carbons (Fsp3) is 0.211. The molecule has 5 nitrogen and oxygen atoms in total. The number of likely N-dealkylation sites (tertiary alicyclic amines) is 1. The van der Waals surface area contributed by atoms with Gasteiger partial charge in [0.1, 0.15) is 11.6 Å². The molecule has 1 fully saturated rings. The standard InChI is InChI=1S/C19H17FN4O/c20-15-5-2-1-4-14(15)16-12-22-18(23-16)17-6-3-11-24(17)19(25)13-7-9-21-10-8-13/h1-2,4-5,7-10,12,17H,3,6,11H2,(H,22,23)/t17-/m0/s1. The van der Waals surface area contributed by atoms with Crippen LogP contribution in [0.25, 0.3) is 11.3 Å². The zero-order chi connectivity index (χ0) is 17.2. The lowest BCUT2D eigenvalue weighted by molar-refractivity contribution is 0.0730. The Kier molecular flexibility index (Phi) is 4.01. The van der Waals surface area contributed by atoms with Gasteiger partial charge in [0.25, 0.3) is 5.91 Å². The van der Waals surface area contributed by atoms with Crippen molar-refractivity contribution in [2.75, 3.05) is 6.54 Å². The number of carbonyl (C=O) groups is 1. The lowest BCUT2D eigenvalue weighted by Crippen LogP contribution is -2.31. The summed E-state index contributed by atoms with van der Waals surface area (Å²) in [5.74, 6) is 0.362. The molecule has 0 bridgehead atoms. The highest BCUT2D eigenvalue weighted by Crippen LogP contribution is 2.33. The molecule has 6 heteroatoms. The maximum Gasteiger partial charge on any atom is 0.254 e. The monoisotopic (exact) mass is 336 g/mol. The van der Waals surface area contributed by atoms with Crippen molar-refractivity contribution in [3.05, 3.63) is 72.2 Å². The number of rotatable bonds is 3. The van der Waals surface area contributed by atoms with Crippen molar-refractivity contribution in [2.24, 2.45) is 0 Å². The predicted molar refractivity (Wildman–Crippen MR) is 91.2 cm³/mol. The zero-order valence-corrected chi connectivity index (χ0v) is 13.5. The predicted octanol–water partition coefficient (Wildman–Crippen LogP) is 3.59. The van der Waals surface area contributed by atoms with Crippen LogP contribution in [0.15, 0.2) is 55.0 Å². The van der Waals surface area contributed by atoms with Crippen LogP contribution in [0.4, 0.5) is 4.39 Å². The van der Waals surface area contributed by atoms with E-state index in [-0.39, 0.29) is 17.8 Å². The Hall–Kier alpha value is -3.02. The first-order chi connectivity index (χ1) is 12.2. The van der Waals surface area contributed by atoms with E-state index in [1.54, 1.807) is 48.9 Å². The van der Waals surface area contributed by atoms with E-state index < -0.39 is 0 Å². The lowest BCUT2D eigenvalue weighted by atomic mass is 10.1.